The maximum atomic E-state index is 4.97. The number of aromatic amines is 1. The third-order valence-electron chi connectivity index (χ3n) is 1.59. The summed E-state index contributed by atoms with van der Waals surface area (Å²) in [5.74, 6) is 1.14. The molecule has 0 aliphatic heterocycles. The molecule has 12 heavy (non-hydrogen) atoms. The van der Waals surface area contributed by atoms with Crippen molar-refractivity contribution >= 4 is 0 Å². The Morgan fingerprint density at radius 1 is 1.42 bits per heavy atom. The van der Waals surface area contributed by atoms with Gasteiger partial charge in [-0.2, -0.15) is 10.1 Å². The summed E-state index contributed by atoms with van der Waals surface area (Å²) >= 11 is 0. The van der Waals surface area contributed by atoms with E-state index in [9.17, 15) is 0 Å². The Hall–Kier alpha value is -1.65. The van der Waals surface area contributed by atoms with E-state index >= 15 is 0 Å². The molecule has 2 aromatic heterocycles. The summed E-state index contributed by atoms with van der Waals surface area (Å²) < 4.78 is 4.97. The molecular weight excluding hydrogens is 156 g/mol. The second-order valence-corrected chi connectivity index (χ2v) is 2.56. The molecule has 1 N–H and O–H groups in total. The fourth-order valence-corrected chi connectivity index (χ4v) is 0.973. The summed E-state index contributed by atoms with van der Waals surface area (Å²) in [4.78, 5) is 4.08. The highest BCUT2D eigenvalue weighted by Gasteiger charge is 2.09. The fourth-order valence-electron chi connectivity index (χ4n) is 0.973. The highest BCUT2D eigenvalue weighted by Crippen LogP contribution is 2.18. The number of hydrogen-bond acceptors (Lipinski definition) is 4. The number of H-pyrrole nitrogens is 1. The van der Waals surface area contributed by atoms with Gasteiger partial charge in [-0.3, -0.25) is 5.10 Å². The van der Waals surface area contributed by atoms with Crippen molar-refractivity contribution in [3.8, 4) is 11.5 Å². The fraction of sp³-hybridized carbons (Fsp3) is 0.286. The summed E-state index contributed by atoms with van der Waals surface area (Å²) in [7, 11) is 0. The van der Waals surface area contributed by atoms with Crippen LogP contribution in [0.3, 0.4) is 0 Å². The first kappa shape index (κ1) is 7.02. The second-order valence-electron chi connectivity index (χ2n) is 2.56. The first-order chi connectivity index (χ1) is 5.77. The van der Waals surface area contributed by atoms with Crippen LogP contribution in [0.2, 0.25) is 0 Å². The maximum absolute atomic E-state index is 4.97. The molecule has 0 aromatic carbocycles. The van der Waals surface area contributed by atoms with Gasteiger partial charge in [0.25, 0.3) is 5.89 Å². The Balaban J connectivity index is 2.50. The molecule has 2 heterocycles. The van der Waals surface area contributed by atoms with Gasteiger partial charge >= 0.3 is 0 Å². The Kier molecular flexibility index (Phi) is 1.43. The normalized spacial score (nSPS) is 10.5. The van der Waals surface area contributed by atoms with E-state index in [0.717, 1.165) is 11.3 Å². The van der Waals surface area contributed by atoms with Crippen molar-refractivity contribution in [2.24, 2.45) is 0 Å². The summed E-state index contributed by atoms with van der Waals surface area (Å²) in [5.41, 5.74) is 1.79. The zero-order chi connectivity index (χ0) is 8.55. The number of nitrogens with zero attached hydrogens (tertiary/aromatic N) is 3. The van der Waals surface area contributed by atoms with Gasteiger partial charge in [-0.25, -0.2) is 0 Å². The molecule has 0 saturated carbocycles. The van der Waals surface area contributed by atoms with Crippen LogP contribution in [0, 0.1) is 13.8 Å². The van der Waals surface area contributed by atoms with Crippen molar-refractivity contribution in [1.82, 2.24) is 20.3 Å². The molecule has 0 saturated heterocycles. The minimum Gasteiger partial charge on any atom is -0.334 e. The SMILES string of the molecule is Cc1noc(-c2cn[nH]c2C)n1. The quantitative estimate of drug-likeness (QED) is 0.684. The summed E-state index contributed by atoms with van der Waals surface area (Å²) in [6.07, 6.45) is 1.67. The van der Waals surface area contributed by atoms with Gasteiger partial charge in [-0.1, -0.05) is 5.16 Å². The molecular formula is C7H8N4O. The minimum atomic E-state index is 0.513. The minimum absolute atomic E-state index is 0.513. The molecule has 0 atom stereocenters. The van der Waals surface area contributed by atoms with Crippen molar-refractivity contribution in [1.29, 1.82) is 0 Å². The highest BCUT2D eigenvalue weighted by atomic mass is 16.5. The van der Waals surface area contributed by atoms with Crippen LogP contribution in [0.15, 0.2) is 10.7 Å². The third kappa shape index (κ3) is 0.990. The number of nitrogens with one attached hydrogen (secondary N) is 1. The van der Waals surface area contributed by atoms with Gasteiger partial charge in [0.2, 0.25) is 0 Å². The molecule has 0 bridgehead atoms. The average molecular weight is 164 g/mol. The molecule has 0 amide bonds. The molecule has 2 rings (SSSR count). The molecule has 0 aliphatic rings. The molecule has 5 heteroatoms. The van der Waals surface area contributed by atoms with Gasteiger partial charge in [0.15, 0.2) is 5.82 Å². The lowest BCUT2D eigenvalue weighted by atomic mass is 10.3. The van der Waals surface area contributed by atoms with E-state index in [4.69, 9.17) is 4.52 Å². The standard InChI is InChI=1S/C7H8N4O/c1-4-6(3-8-10-4)7-9-5(2)11-12-7/h3H,1-2H3,(H,8,10). The van der Waals surface area contributed by atoms with E-state index < -0.39 is 0 Å². The molecule has 62 valence electrons. The first-order valence-electron chi connectivity index (χ1n) is 3.58. The maximum Gasteiger partial charge on any atom is 0.261 e. The summed E-state index contributed by atoms with van der Waals surface area (Å²) in [5, 5.41) is 10.3. The van der Waals surface area contributed by atoms with Gasteiger partial charge in [0.1, 0.15) is 0 Å². The van der Waals surface area contributed by atoms with Gasteiger partial charge in [-0.15, -0.1) is 0 Å². The smallest absolute Gasteiger partial charge is 0.261 e. The van der Waals surface area contributed by atoms with E-state index in [2.05, 4.69) is 20.3 Å². The van der Waals surface area contributed by atoms with Crippen molar-refractivity contribution in [3.63, 3.8) is 0 Å². The number of hydrogen-bond donors (Lipinski definition) is 1. The van der Waals surface area contributed by atoms with Gasteiger partial charge in [-0.05, 0) is 13.8 Å². The van der Waals surface area contributed by atoms with E-state index in [1.807, 2.05) is 6.92 Å². The number of aryl methyl sites for hydroxylation is 2. The van der Waals surface area contributed by atoms with Crippen molar-refractivity contribution in [2.75, 3.05) is 0 Å². The van der Waals surface area contributed by atoms with Crippen molar-refractivity contribution in [2.45, 2.75) is 13.8 Å². The van der Waals surface area contributed by atoms with Crippen molar-refractivity contribution in [3.05, 3.63) is 17.7 Å². The molecule has 0 spiro atoms. The molecule has 0 fully saturated rings. The number of rotatable bonds is 1. The molecule has 5 nitrogen and oxygen atoms in total. The Bertz CT molecular complexity index is 390. The zero-order valence-electron chi connectivity index (χ0n) is 6.83. The van der Waals surface area contributed by atoms with Gasteiger partial charge in [0.05, 0.1) is 11.8 Å². The third-order valence-corrected chi connectivity index (χ3v) is 1.59. The van der Waals surface area contributed by atoms with Crippen LogP contribution in [0.1, 0.15) is 11.5 Å². The van der Waals surface area contributed by atoms with Crippen LogP contribution < -0.4 is 0 Å². The molecule has 0 aliphatic carbocycles. The lowest BCUT2D eigenvalue weighted by Crippen LogP contribution is -1.78. The predicted molar refractivity (Wildman–Crippen MR) is 41.4 cm³/mol. The van der Waals surface area contributed by atoms with Crippen LogP contribution >= 0.6 is 0 Å². The van der Waals surface area contributed by atoms with E-state index in [-0.39, 0.29) is 0 Å². The van der Waals surface area contributed by atoms with Crippen LogP contribution in [0.25, 0.3) is 11.5 Å². The van der Waals surface area contributed by atoms with E-state index in [1.54, 1.807) is 13.1 Å². The predicted octanol–water partition coefficient (Wildman–Crippen LogP) is 1.08. The van der Waals surface area contributed by atoms with Crippen LogP contribution in [-0.2, 0) is 0 Å². The lowest BCUT2D eigenvalue weighted by molar-refractivity contribution is 0.425. The van der Waals surface area contributed by atoms with Crippen LogP contribution in [-0.4, -0.2) is 20.3 Å². The lowest BCUT2D eigenvalue weighted by Gasteiger charge is -1.86. The average Bonchev–Trinajstić information content (AvgIpc) is 2.58. The summed E-state index contributed by atoms with van der Waals surface area (Å²) in [6, 6.07) is 0. The van der Waals surface area contributed by atoms with E-state index in [1.165, 1.54) is 0 Å². The highest BCUT2D eigenvalue weighted by molar-refractivity contribution is 5.54. The Morgan fingerprint density at radius 3 is 2.75 bits per heavy atom. The van der Waals surface area contributed by atoms with E-state index in [0.29, 0.717) is 11.7 Å². The monoisotopic (exact) mass is 164 g/mol. The molecule has 2 aromatic rings. The largest absolute Gasteiger partial charge is 0.334 e. The molecule has 0 unspecified atom stereocenters. The Labute approximate surface area is 68.8 Å². The zero-order valence-corrected chi connectivity index (χ0v) is 6.83. The first-order valence-corrected chi connectivity index (χ1v) is 3.58. The molecule has 0 radical (unpaired) electrons. The summed E-state index contributed by atoms with van der Waals surface area (Å²) in [6.45, 7) is 3.68. The van der Waals surface area contributed by atoms with Crippen LogP contribution in [0.5, 0.6) is 0 Å². The second kappa shape index (κ2) is 2.44. The van der Waals surface area contributed by atoms with Crippen molar-refractivity contribution < 1.29 is 4.52 Å². The van der Waals surface area contributed by atoms with Gasteiger partial charge in [0, 0.05) is 5.69 Å². The Morgan fingerprint density at radius 2 is 2.25 bits per heavy atom. The number of aromatic nitrogens is 4. The topological polar surface area (TPSA) is 67.6 Å². The van der Waals surface area contributed by atoms with Crippen LogP contribution in [0.4, 0.5) is 0 Å². The van der Waals surface area contributed by atoms with Gasteiger partial charge < -0.3 is 4.52 Å².